The maximum atomic E-state index is 14.2. The molecule has 4 aromatic rings. The van der Waals surface area contributed by atoms with Crippen molar-refractivity contribution >= 4 is 46.1 Å². The lowest BCUT2D eigenvalue weighted by Crippen LogP contribution is -2.42. The van der Waals surface area contributed by atoms with E-state index in [0.717, 1.165) is 12.1 Å². The summed E-state index contributed by atoms with van der Waals surface area (Å²) < 4.78 is 21.2. The third-order valence-electron chi connectivity index (χ3n) is 6.48. The molecule has 198 valence electrons. The van der Waals surface area contributed by atoms with Gasteiger partial charge in [-0.3, -0.25) is 9.36 Å². The van der Waals surface area contributed by atoms with Crippen LogP contribution < -0.4 is 22.3 Å². The van der Waals surface area contributed by atoms with Gasteiger partial charge in [-0.25, -0.2) is 14.2 Å². The van der Waals surface area contributed by atoms with Crippen molar-refractivity contribution in [2.24, 2.45) is 0 Å². The van der Waals surface area contributed by atoms with Crippen molar-refractivity contribution in [3.05, 3.63) is 80.6 Å². The molecule has 0 aliphatic heterocycles. The molecule has 5 N–H and O–H groups in total. The van der Waals surface area contributed by atoms with Crippen LogP contribution in [0.2, 0.25) is 5.02 Å². The number of ether oxygens (including phenoxy) is 1. The first-order chi connectivity index (χ1) is 18.7. The molecule has 1 saturated carbocycles. The van der Waals surface area contributed by atoms with Crippen LogP contribution in [-0.2, 0) is 4.74 Å². The van der Waals surface area contributed by atoms with E-state index in [1.165, 1.54) is 4.57 Å². The molecule has 1 aliphatic carbocycles. The number of anilines is 3. The predicted molar refractivity (Wildman–Crippen MR) is 142 cm³/mol. The van der Waals surface area contributed by atoms with E-state index in [0.29, 0.717) is 18.4 Å². The average molecular weight is 549 g/mol. The van der Waals surface area contributed by atoms with E-state index in [-0.39, 0.29) is 44.9 Å². The van der Waals surface area contributed by atoms with Crippen molar-refractivity contribution in [2.75, 3.05) is 16.8 Å². The Morgan fingerprint density at radius 2 is 1.95 bits per heavy atom. The lowest BCUT2D eigenvalue weighted by molar-refractivity contribution is -0.00915. The first kappa shape index (κ1) is 25.9. The normalized spacial score (nSPS) is 17.2. The zero-order valence-electron chi connectivity index (χ0n) is 20.6. The molecular weight excluding hydrogens is 527 g/mol. The van der Waals surface area contributed by atoms with Crippen LogP contribution in [0.4, 0.5) is 22.0 Å². The fourth-order valence-corrected chi connectivity index (χ4v) is 4.77. The molecule has 5 rings (SSSR count). The second kappa shape index (κ2) is 10.2. The molecule has 11 nitrogen and oxygen atoms in total. The molecule has 13 heteroatoms. The molecule has 0 radical (unpaired) electrons. The smallest absolute Gasteiger partial charge is 0.338 e. The van der Waals surface area contributed by atoms with Gasteiger partial charge in [0.25, 0.3) is 5.56 Å². The number of hydrogen-bond acceptors (Lipinski definition) is 10. The number of halogens is 2. The molecule has 0 saturated heterocycles. The van der Waals surface area contributed by atoms with Gasteiger partial charge in [0.1, 0.15) is 35.2 Å². The molecule has 0 bridgehead atoms. The molecular formula is C26H22ClFN8O3. The van der Waals surface area contributed by atoms with Gasteiger partial charge < -0.3 is 21.5 Å². The molecule has 39 heavy (non-hydrogen) atoms. The van der Waals surface area contributed by atoms with Crippen molar-refractivity contribution in [1.82, 2.24) is 19.5 Å². The number of esters is 1. The van der Waals surface area contributed by atoms with Crippen LogP contribution in [0.5, 0.6) is 0 Å². The Kier molecular flexibility index (Phi) is 6.76. The lowest BCUT2D eigenvalue weighted by atomic mass is 9.88. The fourth-order valence-electron chi connectivity index (χ4n) is 4.52. The average Bonchev–Trinajstić information content (AvgIpc) is 2.87. The second-order valence-corrected chi connectivity index (χ2v) is 9.52. The number of benzene rings is 2. The van der Waals surface area contributed by atoms with Gasteiger partial charge >= 0.3 is 5.97 Å². The van der Waals surface area contributed by atoms with E-state index >= 15 is 0 Å². The van der Waals surface area contributed by atoms with Crippen molar-refractivity contribution in [1.29, 1.82) is 5.26 Å². The quantitative estimate of drug-likeness (QED) is 0.301. The van der Waals surface area contributed by atoms with E-state index in [1.54, 1.807) is 37.3 Å². The summed E-state index contributed by atoms with van der Waals surface area (Å²) in [6.07, 6.45) is 0.250. The maximum Gasteiger partial charge on any atom is 0.338 e. The number of carbonyl (C=O) groups excluding carboxylic acids is 1. The molecule has 2 aromatic heterocycles. The van der Waals surface area contributed by atoms with Gasteiger partial charge in [-0.2, -0.15) is 15.2 Å². The number of rotatable bonds is 6. The fraction of sp³-hybridized carbons (Fsp3) is 0.231. The van der Waals surface area contributed by atoms with Crippen LogP contribution in [0.15, 0.2) is 47.3 Å². The van der Waals surface area contributed by atoms with Gasteiger partial charge in [-0.05, 0) is 31.2 Å². The Morgan fingerprint density at radius 3 is 2.64 bits per heavy atom. The van der Waals surface area contributed by atoms with Crippen molar-refractivity contribution < 1.29 is 13.9 Å². The van der Waals surface area contributed by atoms with E-state index in [2.05, 4.69) is 20.3 Å². The summed E-state index contributed by atoms with van der Waals surface area (Å²) in [6, 6.07) is 11.6. The van der Waals surface area contributed by atoms with E-state index < -0.39 is 35.5 Å². The number of nitrogens with one attached hydrogen (secondary N) is 1. The zero-order valence-corrected chi connectivity index (χ0v) is 21.3. The van der Waals surface area contributed by atoms with E-state index in [1.807, 2.05) is 6.07 Å². The van der Waals surface area contributed by atoms with Crippen LogP contribution >= 0.6 is 11.6 Å². The predicted octanol–water partition coefficient (Wildman–Crippen LogP) is 3.75. The minimum atomic E-state index is -0.713. The largest absolute Gasteiger partial charge is 0.459 e. The summed E-state index contributed by atoms with van der Waals surface area (Å²) in [5, 5.41) is 12.6. The number of carbonyl (C=O) groups is 1. The highest BCUT2D eigenvalue weighted by Crippen LogP contribution is 2.37. The Labute approximate surface area is 226 Å². The number of nitrogens with zero attached hydrogens (tertiary/aromatic N) is 5. The highest BCUT2D eigenvalue weighted by Gasteiger charge is 2.37. The minimum Gasteiger partial charge on any atom is -0.459 e. The van der Waals surface area contributed by atoms with E-state index in [4.69, 9.17) is 27.8 Å². The highest BCUT2D eigenvalue weighted by molar-refractivity contribution is 6.35. The second-order valence-electron chi connectivity index (χ2n) is 9.12. The topological polar surface area (TPSA) is 175 Å². The van der Waals surface area contributed by atoms with E-state index in [9.17, 15) is 19.2 Å². The number of aromatic nitrogens is 4. The van der Waals surface area contributed by atoms with Crippen LogP contribution in [-0.4, -0.2) is 31.6 Å². The summed E-state index contributed by atoms with van der Waals surface area (Å²) >= 11 is 6.25. The minimum absolute atomic E-state index is 0.00826. The third kappa shape index (κ3) is 4.92. The first-order valence-electron chi connectivity index (χ1n) is 11.9. The van der Waals surface area contributed by atoms with Gasteiger partial charge in [0.15, 0.2) is 5.82 Å². The summed E-state index contributed by atoms with van der Waals surface area (Å²) in [5.74, 6) is -1.08. The third-order valence-corrected chi connectivity index (χ3v) is 6.76. The number of hydrogen-bond donors (Lipinski definition) is 3. The van der Waals surface area contributed by atoms with Gasteiger partial charge in [0.05, 0.1) is 27.5 Å². The molecule has 0 unspecified atom stereocenters. The van der Waals surface area contributed by atoms with Gasteiger partial charge in [0, 0.05) is 18.9 Å². The summed E-state index contributed by atoms with van der Waals surface area (Å²) in [5.41, 5.74) is 11.6. The van der Waals surface area contributed by atoms with Crippen molar-refractivity contribution in [3.8, 4) is 6.07 Å². The van der Waals surface area contributed by atoms with Crippen LogP contribution in [0, 0.1) is 17.1 Å². The Bertz CT molecular complexity index is 1700. The number of nitrogen functional groups attached to an aromatic ring is 2. The summed E-state index contributed by atoms with van der Waals surface area (Å²) in [7, 11) is 0. The van der Waals surface area contributed by atoms with Crippen molar-refractivity contribution in [2.45, 2.75) is 38.0 Å². The molecule has 1 aliphatic rings. The summed E-state index contributed by atoms with van der Waals surface area (Å²) in [4.78, 5) is 38.6. The van der Waals surface area contributed by atoms with Crippen molar-refractivity contribution in [3.63, 3.8) is 0 Å². The molecule has 1 fully saturated rings. The number of nitrogens with two attached hydrogens (primary N) is 2. The highest BCUT2D eigenvalue weighted by atomic mass is 35.5. The Morgan fingerprint density at radius 1 is 1.23 bits per heavy atom. The number of fused-ring (bicyclic) bond motifs is 1. The molecule has 1 atom stereocenters. The zero-order chi connectivity index (χ0) is 27.8. The van der Waals surface area contributed by atoms with Gasteiger partial charge in [0.2, 0.25) is 5.95 Å². The number of nitriles is 1. The first-order valence-corrected chi connectivity index (χ1v) is 12.3. The molecule has 2 heterocycles. The molecule has 0 spiro atoms. The Hall–Kier alpha value is -4.76. The summed E-state index contributed by atoms with van der Waals surface area (Å²) in [6.45, 7) is 1.70. The van der Waals surface area contributed by atoms with Crippen LogP contribution in [0.25, 0.3) is 10.9 Å². The van der Waals surface area contributed by atoms with Crippen LogP contribution in [0.1, 0.15) is 53.6 Å². The molecule has 2 aromatic carbocycles. The Balaban J connectivity index is 1.51. The van der Waals surface area contributed by atoms with Crippen LogP contribution in [0.3, 0.4) is 0 Å². The van der Waals surface area contributed by atoms with Gasteiger partial charge in [-0.1, -0.05) is 29.8 Å². The lowest BCUT2D eigenvalue weighted by Gasteiger charge is -2.37. The molecule has 0 amide bonds. The van der Waals surface area contributed by atoms with Gasteiger partial charge in [-0.15, -0.1) is 0 Å². The maximum absolute atomic E-state index is 14.2. The monoisotopic (exact) mass is 548 g/mol. The SMILES string of the molecule is C[C@H](Nc1nc(N)nc(N)c1C#N)c1nc2c(Cl)cc(F)cc2c(=O)n1C1CC(OC(=O)c2ccccc2)C1. The standard InChI is InChI=1S/C26H22ClFN8O3/c1-12(32-22-18(11-29)21(30)34-26(31)35-22)23-33-20-17(7-14(28)8-19(20)27)24(37)36(23)15-9-16(10-15)39-25(38)13-5-3-2-4-6-13/h2-8,12,15-16H,9-10H2,1H3,(H5,30,31,32,34,35)/t12-,15?,16?/m0/s1.